The molecule has 1 unspecified atom stereocenters. The second kappa shape index (κ2) is 7.04. The Kier molecular flexibility index (Phi) is 4.66. The molecular formula is C21H17F2N3O2S. The number of amides is 3. The smallest absolute Gasteiger partial charge is 0.319 e. The van der Waals surface area contributed by atoms with Gasteiger partial charge in [-0.1, -0.05) is 29.8 Å². The fraction of sp³-hybridized carbons (Fsp3) is 0.190. The van der Waals surface area contributed by atoms with Crippen molar-refractivity contribution in [1.29, 1.82) is 0 Å². The number of imide groups is 1. The molecule has 1 aromatic heterocycles. The van der Waals surface area contributed by atoms with Crippen molar-refractivity contribution in [3.8, 4) is 10.6 Å². The number of hydrogen-bond acceptors (Lipinski definition) is 4. The van der Waals surface area contributed by atoms with E-state index in [0.29, 0.717) is 5.69 Å². The van der Waals surface area contributed by atoms with Gasteiger partial charge in [-0.15, -0.1) is 11.3 Å². The summed E-state index contributed by atoms with van der Waals surface area (Å²) < 4.78 is 27.9. The average molecular weight is 413 g/mol. The topological polar surface area (TPSA) is 62.3 Å². The molecule has 29 heavy (non-hydrogen) atoms. The number of benzene rings is 2. The van der Waals surface area contributed by atoms with Crippen molar-refractivity contribution in [2.24, 2.45) is 0 Å². The maximum Gasteiger partial charge on any atom is 0.325 e. The van der Waals surface area contributed by atoms with Gasteiger partial charge in [-0.3, -0.25) is 9.69 Å². The Morgan fingerprint density at radius 1 is 1.14 bits per heavy atom. The fourth-order valence-electron chi connectivity index (χ4n) is 3.27. The summed E-state index contributed by atoms with van der Waals surface area (Å²) in [6, 6.07) is 10.0. The van der Waals surface area contributed by atoms with Crippen molar-refractivity contribution >= 4 is 23.3 Å². The Balaban J connectivity index is 1.59. The molecule has 1 saturated heterocycles. The van der Waals surface area contributed by atoms with Gasteiger partial charge >= 0.3 is 6.03 Å². The zero-order chi connectivity index (χ0) is 20.8. The van der Waals surface area contributed by atoms with E-state index in [2.05, 4.69) is 10.3 Å². The summed E-state index contributed by atoms with van der Waals surface area (Å²) in [7, 11) is 0. The van der Waals surface area contributed by atoms with Gasteiger partial charge in [0.2, 0.25) is 0 Å². The van der Waals surface area contributed by atoms with Crippen LogP contribution in [0.4, 0.5) is 13.6 Å². The average Bonchev–Trinajstić information content (AvgIpc) is 3.24. The molecule has 0 saturated carbocycles. The van der Waals surface area contributed by atoms with Gasteiger partial charge < -0.3 is 5.32 Å². The third-order valence-corrected chi connectivity index (χ3v) is 5.85. The Labute approximate surface area is 170 Å². The molecule has 0 bridgehead atoms. The predicted octanol–water partition coefficient (Wildman–Crippen LogP) is 4.36. The molecular weight excluding hydrogens is 396 g/mol. The molecule has 1 aliphatic rings. The largest absolute Gasteiger partial charge is 0.325 e. The van der Waals surface area contributed by atoms with Crippen LogP contribution in [0, 0.1) is 18.6 Å². The number of hydrogen-bond donors (Lipinski definition) is 1. The quantitative estimate of drug-likeness (QED) is 0.647. The van der Waals surface area contributed by atoms with E-state index in [-0.39, 0.29) is 12.1 Å². The van der Waals surface area contributed by atoms with E-state index < -0.39 is 29.1 Å². The lowest BCUT2D eigenvalue weighted by atomic mass is 9.91. The highest BCUT2D eigenvalue weighted by Crippen LogP contribution is 2.32. The fourth-order valence-corrected chi connectivity index (χ4v) is 4.09. The molecule has 4 rings (SSSR count). The van der Waals surface area contributed by atoms with Crippen LogP contribution in [0.3, 0.4) is 0 Å². The standard InChI is InChI=1S/C21H17F2N3O2S/c1-12-3-5-13(6-4-12)18-24-15(11-29-18)10-26-19(27)21(2,25-20(26)28)16-9-14(22)7-8-17(16)23/h3-9,11H,10H2,1-2H3,(H,25,28). The van der Waals surface area contributed by atoms with Gasteiger partial charge in [0.1, 0.15) is 22.2 Å². The maximum atomic E-state index is 14.2. The van der Waals surface area contributed by atoms with Crippen LogP contribution in [0.25, 0.3) is 10.6 Å². The number of carbonyl (C=O) groups is 2. The third kappa shape index (κ3) is 3.40. The molecule has 0 spiro atoms. The predicted molar refractivity (Wildman–Crippen MR) is 105 cm³/mol. The van der Waals surface area contributed by atoms with Crippen LogP contribution >= 0.6 is 11.3 Å². The van der Waals surface area contributed by atoms with Gasteiger partial charge in [-0.25, -0.2) is 18.6 Å². The number of thiazole rings is 1. The van der Waals surface area contributed by atoms with Crippen molar-refractivity contribution in [3.63, 3.8) is 0 Å². The number of carbonyl (C=O) groups excluding carboxylic acids is 2. The minimum Gasteiger partial charge on any atom is -0.319 e. The Hall–Kier alpha value is -3.13. The van der Waals surface area contributed by atoms with E-state index in [4.69, 9.17) is 0 Å². The lowest BCUT2D eigenvalue weighted by Crippen LogP contribution is -2.41. The summed E-state index contributed by atoms with van der Waals surface area (Å²) in [6.07, 6.45) is 0. The van der Waals surface area contributed by atoms with Crippen molar-refractivity contribution in [2.45, 2.75) is 25.9 Å². The summed E-state index contributed by atoms with van der Waals surface area (Å²) in [5.74, 6) is -2.11. The highest BCUT2D eigenvalue weighted by molar-refractivity contribution is 7.13. The van der Waals surface area contributed by atoms with Crippen LogP contribution in [0.1, 0.15) is 23.7 Å². The van der Waals surface area contributed by atoms with Gasteiger partial charge in [0.05, 0.1) is 12.2 Å². The SMILES string of the molecule is Cc1ccc(-c2nc(CN3C(=O)NC(C)(c4cc(F)ccc4F)C3=O)cs2)cc1. The number of aromatic nitrogens is 1. The van der Waals surface area contributed by atoms with Crippen molar-refractivity contribution < 1.29 is 18.4 Å². The first kappa shape index (κ1) is 19.2. The van der Waals surface area contributed by atoms with Crippen molar-refractivity contribution in [3.05, 3.63) is 76.3 Å². The van der Waals surface area contributed by atoms with Crippen molar-refractivity contribution in [2.75, 3.05) is 0 Å². The summed E-state index contributed by atoms with van der Waals surface area (Å²) in [4.78, 5) is 30.9. The van der Waals surface area contributed by atoms with Gasteiger partial charge in [0.15, 0.2) is 0 Å². The molecule has 8 heteroatoms. The number of nitrogens with one attached hydrogen (secondary N) is 1. The van der Waals surface area contributed by atoms with Gasteiger partial charge in [-0.05, 0) is 32.0 Å². The van der Waals surface area contributed by atoms with Crippen LogP contribution < -0.4 is 5.32 Å². The molecule has 2 aromatic carbocycles. The first-order valence-corrected chi connectivity index (χ1v) is 9.77. The normalized spacial score (nSPS) is 19.0. The highest BCUT2D eigenvalue weighted by Gasteiger charge is 2.50. The van der Waals surface area contributed by atoms with Crippen LogP contribution in [0.5, 0.6) is 0 Å². The molecule has 5 nitrogen and oxygen atoms in total. The van der Waals surface area contributed by atoms with E-state index in [1.54, 1.807) is 5.38 Å². The van der Waals surface area contributed by atoms with Gasteiger partial charge in [0, 0.05) is 16.5 Å². The summed E-state index contributed by atoms with van der Waals surface area (Å²) in [6.45, 7) is 3.30. The Bertz CT molecular complexity index is 1110. The number of aryl methyl sites for hydroxylation is 1. The molecule has 0 aliphatic carbocycles. The summed E-state index contributed by atoms with van der Waals surface area (Å²) in [5.41, 5.74) is 0.721. The highest BCUT2D eigenvalue weighted by atomic mass is 32.1. The van der Waals surface area contributed by atoms with Crippen LogP contribution in [0.2, 0.25) is 0 Å². The number of nitrogens with zero attached hydrogens (tertiary/aromatic N) is 2. The first-order chi connectivity index (χ1) is 13.8. The van der Waals surface area contributed by atoms with Gasteiger partial charge in [-0.2, -0.15) is 0 Å². The molecule has 1 fully saturated rings. The summed E-state index contributed by atoms with van der Waals surface area (Å²) in [5, 5.41) is 5.03. The lowest BCUT2D eigenvalue weighted by Gasteiger charge is -2.22. The second-order valence-electron chi connectivity index (χ2n) is 7.08. The lowest BCUT2D eigenvalue weighted by molar-refractivity contribution is -0.131. The zero-order valence-electron chi connectivity index (χ0n) is 15.7. The van der Waals surface area contributed by atoms with Crippen molar-refractivity contribution in [1.82, 2.24) is 15.2 Å². The molecule has 0 radical (unpaired) electrons. The monoisotopic (exact) mass is 413 g/mol. The maximum absolute atomic E-state index is 14.2. The molecule has 3 aromatic rings. The summed E-state index contributed by atoms with van der Waals surface area (Å²) >= 11 is 1.40. The Morgan fingerprint density at radius 2 is 1.86 bits per heavy atom. The minimum atomic E-state index is -1.68. The molecule has 1 atom stereocenters. The van der Waals surface area contributed by atoms with Crippen LogP contribution in [-0.2, 0) is 16.9 Å². The molecule has 148 valence electrons. The molecule has 1 aliphatic heterocycles. The Morgan fingerprint density at radius 3 is 2.59 bits per heavy atom. The number of rotatable bonds is 4. The van der Waals surface area contributed by atoms with E-state index in [1.807, 2.05) is 31.2 Å². The minimum absolute atomic E-state index is 0.0560. The van der Waals surface area contributed by atoms with E-state index in [1.165, 1.54) is 18.3 Å². The number of halogens is 2. The second-order valence-corrected chi connectivity index (χ2v) is 7.94. The number of urea groups is 1. The van der Waals surface area contributed by atoms with Crippen LogP contribution in [-0.4, -0.2) is 21.8 Å². The van der Waals surface area contributed by atoms with E-state index >= 15 is 0 Å². The zero-order valence-corrected chi connectivity index (χ0v) is 16.5. The molecule has 2 heterocycles. The van der Waals surface area contributed by atoms with Gasteiger partial charge in [0.25, 0.3) is 5.91 Å². The van der Waals surface area contributed by atoms with Crippen LogP contribution in [0.15, 0.2) is 47.8 Å². The van der Waals surface area contributed by atoms with E-state index in [9.17, 15) is 18.4 Å². The molecule has 1 N–H and O–H groups in total. The molecule has 3 amide bonds. The first-order valence-electron chi connectivity index (χ1n) is 8.89. The van der Waals surface area contributed by atoms with E-state index in [0.717, 1.165) is 39.2 Å². The third-order valence-electron chi connectivity index (χ3n) is 4.91.